The molecule has 0 aliphatic carbocycles. The molecule has 2 bridgehead atoms. The van der Waals surface area contributed by atoms with Crippen LogP contribution in [-0.4, -0.2) is 31.6 Å². The number of amides is 1. The summed E-state index contributed by atoms with van der Waals surface area (Å²) in [7, 11) is 1.92. The summed E-state index contributed by atoms with van der Waals surface area (Å²) >= 11 is 0. The number of aromatic nitrogens is 3. The van der Waals surface area contributed by atoms with Gasteiger partial charge in [-0.05, 0) is 80.6 Å². The number of benzene rings is 2. The molecule has 0 N–H and O–H groups in total. The van der Waals surface area contributed by atoms with Crippen LogP contribution in [0.4, 0.5) is 4.39 Å². The number of hydrogen-bond acceptors (Lipinski definition) is 3. The maximum atomic E-state index is 14.2. The maximum Gasteiger partial charge on any atom is 0.254 e. The molecule has 0 radical (unpaired) electrons. The summed E-state index contributed by atoms with van der Waals surface area (Å²) in [5, 5.41) is 5.84. The van der Waals surface area contributed by atoms with Gasteiger partial charge in [-0.25, -0.2) is 4.39 Å². The Bertz CT molecular complexity index is 1390. The third-order valence-electron chi connectivity index (χ3n) is 7.08. The van der Waals surface area contributed by atoms with Gasteiger partial charge in [0.25, 0.3) is 5.91 Å². The zero-order valence-corrected chi connectivity index (χ0v) is 18.8. The second kappa shape index (κ2) is 7.51. The molecule has 166 valence electrons. The molecule has 0 saturated carbocycles. The van der Waals surface area contributed by atoms with Crippen LogP contribution in [0, 0.1) is 12.7 Å². The van der Waals surface area contributed by atoms with E-state index in [1.165, 1.54) is 0 Å². The fourth-order valence-corrected chi connectivity index (χ4v) is 5.74. The highest BCUT2D eigenvalue weighted by Crippen LogP contribution is 2.45. The summed E-state index contributed by atoms with van der Waals surface area (Å²) in [6, 6.07) is 14.8. The Morgan fingerprint density at radius 1 is 1.12 bits per heavy atom. The molecule has 2 aromatic heterocycles. The number of fused-ring (bicyclic) bond motifs is 5. The van der Waals surface area contributed by atoms with Crippen LogP contribution in [0.2, 0.25) is 0 Å². The van der Waals surface area contributed by atoms with Crippen LogP contribution in [-0.2, 0) is 13.5 Å². The van der Waals surface area contributed by atoms with Crippen molar-refractivity contribution in [1.29, 1.82) is 0 Å². The molecule has 2 aromatic carbocycles. The molecule has 2 atom stereocenters. The fraction of sp³-hybridized carbons (Fsp3) is 0.296. The molecule has 2 aliphatic rings. The standard InChI is InChI=1S/C27H25FN4O/c1-16-11-19(14-20(28)12-16)26-22-15-21-6-3-7-24(25(22)30-31(26)2)32(21)27(33)18-8-9-23-17(13-18)5-4-10-29-23/h4-5,8-14,21,24H,3,6-7,15H2,1-2H3/t21-,24+/m1/s1. The van der Waals surface area contributed by atoms with Crippen LogP contribution >= 0.6 is 0 Å². The van der Waals surface area contributed by atoms with E-state index in [2.05, 4.69) is 9.88 Å². The van der Waals surface area contributed by atoms with Crippen molar-refractivity contribution in [2.24, 2.45) is 7.05 Å². The van der Waals surface area contributed by atoms with Crippen molar-refractivity contribution in [1.82, 2.24) is 19.7 Å². The number of halogens is 1. The van der Waals surface area contributed by atoms with Gasteiger partial charge in [0.2, 0.25) is 0 Å². The van der Waals surface area contributed by atoms with Gasteiger partial charge < -0.3 is 4.90 Å². The number of rotatable bonds is 2. The second-order valence-corrected chi connectivity index (χ2v) is 9.28. The molecule has 6 rings (SSSR count). The van der Waals surface area contributed by atoms with E-state index in [-0.39, 0.29) is 23.8 Å². The third kappa shape index (κ3) is 3.24. The first-order valence-electron chi connectivity index (χ1n) is 11.5. The van der Waals surface area contributed by atoms with Gasteiger partial charge in [-0.1, -0.05) is 6.07 Å². The first-order chi connectivity index (χ1) is 16.0. The topological polar surface area (TPSA) is 51.0 Å². The zero-order chi connectivity index (χ0) is 22.7. The van der Waals surface area contributed by atoms with Crippen LogP contribution in [0.5, 0.6) is 0 Å². The number of hydrogen-bond donors (Lipinski definition) is 0. The molecule has 4 heterocycles. The van der Waals surface area contributed by atoms with Gasteiger partial charge in [0.1, 0.15) is 5.82 Å². The molecule has 2 aliphatic heterocycles. The summed E-state index contributed by atoms with van der Waals surface area (Å²) in [4.78, 5) is 20.2. The maximum absolute atomic E-state index is 14.2. The van der Waals surface area contributed by atoms with Crippen molar-refractivity contribution in [3.8, 4) is 11.3 Å². The summed E-state index contributed by atoms with van der Waals surface area (Å²) in [6.07, 6.45) is 5.44. The van der Waals surface area contributed by atoms with E-state index >= 15 is 0 Å². The van der Waals surface area contributed by atoms with Gasteiger partial charge in [0, 0.05) is 41.4 Å². The second-order valence-electron chi connectivity index (χ2n) is 9.28. The van der Waals surface area contributed by atoms with Crippen LogP contribution in [0.25, 0.3) is 22.2 Å². The first-order valence-corrected chi connectivity index (χ1v) is 11.5. The highest BCUT2D eigenvalue weighted by Gasteiger charge is 2.43. The molecular formula is C27H25FN4O. The smallest absolute Gasteiger partial charge is 0.254 e. The Hall–Kier alpha value is -3.54. The Balaban J connectivity index is 1.42. The molecule has 4 aromatic rings. The number of carbonyl (C=O) groups excluding carboxylic acids is 1. The Labute approximate surface area is 191 Å². The molecule has 5 nitrogen and oxygen atoms in total. The number of aryl methyl sites for hydroxylation is 2. The Kier molecular flexibility index (Phi) is 4.57. The van der Waals surface area contributed by atoms with Crippen LogP contribution < -0.4 is 0 Å². The average molecular weight is 441 g/mol. The van der Waals surface area contributed by atoms with E-state index in [9.17, 15) is 9.18 Å². The highest BCUT2D eigenvalue weighted by molar-refractivity contribution is 5.98. The molecule has 0 spiro atoms. The minimum Gasteiger partial charge on any atom is -0.327 e. The average Bonchev–Trinajstić information content (AvgIpc) is 3.13. The van der Waals surface area contributed by atoms with E-state index in [1.54, 1.807) is 18.3 Å². The van der Waals surface area contributed by atoms with E-state index in [0.29, 0.717) is 5.56 Å². The van der Waals surface area contributed by atoms with Gasteiger partial charge in [-0.2, -0.15) is 5.10 Å². The van der Waals surface area contributed by atoms with Crippen molar-refractivity contribution >= 4 is 16.8 Å². The molecule has 1 fully saturated rings. The lowest BCUT2D eigenvalue weighted by molar-refractivity contribution is 0.0392. The number of pyridine rings is 1. The van der Waals surface area contributed by atoms with Crippen molar-refractivity contribution in [2.45, 2.75) is 44.7 Å². The Morgan fingerprint density at radius 3 is 2.85 bits per heavy atom. The number of piperidine rings is 1. The lowest BCUT2D eigenvalue weighted by Gasteiger charge is -2.45. The van der Waals surface area contributed by atoms with Crippen molar-refractivity contribution in [2.75, 3.05) is 0 Å². The van der Waals surface area contributed by atoms with Crippen molar-refractivity contribution in [3.05, 3.63) is 82.9 Å². The van der Waals surface area contributed by atoms with Gasteiger partial charge in [-0.3, -0.25) is 14.5 Å². The van der Waals surface area contributed by atoms with E-state index in [0.717, 1.165) is 64.7 Å². The summed E-state index contributed by atoms with van der Waals surface area (Å²) in [6.45, 7) is 1.91. The van der Waals surface area contributed by atoms with Gasteiger partial charge in [0.05, 0.1) is 22.9 Å². The normalized spacial score (nSPS) is 19.5. The van der Waals surface area contributed by atoms with Gasteiger partial charge >= 0.3 is 0 Å². The minimum absolute atomic E-state index is 0.0508. The van der Waals surface area contributed by atoms with Gasteiger partial charge in [0.15, 0.2) is 0 Å². The van der Waals surface area contributed by atoms with E-state index in [1.807, 2.05) is 55.1 Å². The van der Waals surface area contributed by atoms with Crippen LogP contribution in [0.15, 0.2) is 54.7 Å². The molecule has 1 amide bonds. The lowest BCUT2D eigenvalue weighted by atomic mass is 9.81. The summed E-state index contributed by atoms with van der Waals surface area (Å²) in [5.41, 5.74) is 6.39. The molecule has 6 heteroatoms. The fourth-order valence-electron chi connectivity index (χ4n) is 5.74. The molecule has 33 heavy (non-hydrogen) atoms. The van der Waals surface area contributed by atoms with Crippen molar-refractivity contribution in [3.63, 3.8) is 0 Å². The van der Waals surface area contributed by atoms with E-state index in [4.69, 9.17) is 5.10 Å². The monoisotopic (exact) mass is 440 g/mol. The molecule has 1 saturated heterocycles. The summed E-state index contributed by atoms with van der Waals surface area (Å²) in [5.74, 6) is -0.187. The predicted molar refractivity (Wildman–Crippen MR) is 125 cm³/mol. The number of nitrogens with zero attached hydrogens (tertiary/aromatic N) is 4. The van der Waals surface area contributed by atoms with Crippen molar-refractivity contribution < 1.29 is 9.18 Å². The van der Waals surface area contributed by atoms with Crippen LogP contribution in [0.1, 0.15) is 52.5 Å². The first kappa shape index (κ1) is 20.1. The lowest BCUT2D eigenvalue weighted by Crippen LogP contribution is -2.49. The van der Waals surface area contributed by atoms with Gasteiger partial charge in [-0.15, -0.1) is 0 Å². The largest absolute Gasteiger partial charge is 0.327 e. The highest BCUT2D eigenvalue weighted by atomic mass is 19.1. The SMILES string of the molecule is Cc1cc(F)cc(-c2c3c(nn2C)[C@@H]2CCC[C@H](C3)N2C(=O)c2ccc3ncccc3c2)c1. The van der Waals surface area contributed by atoms with E-state index < -0.39 is 0 Å². The Morgan fingerprint density at radius 2 is 2.00 bits per heavy atom. The third-order valence-corrected chi connectivity index (χ3v) is 7.08. The minimum atomic E-state index is -0.237. The van der Waals surface area contributed by atoms with Crippen LogP contribution in [0.3, 0.4) is 0 Å². The molecular weight excluding hydrogens is 415 g/mol. The number of carbonyl (C=O) groups is 1. The summed E-state index contributed by atoms with van der Waals surface area (Å²) < 4.78 is 16.1. The predicted octanol–water partition coefficient (Wildman–Crippen LogP) is 5.37. The quantitative estimate of drug-likeness (QED) is 0.421. The molecule has 0 unspecified atom stereocenters. The zero-order valence-electron chi connectivity index (χ0n) is 18.8.